The van der Waals surface area contributed by atoms with E-state index in [1.807, 2.05) is 43.7 Å². The average molecular weight is 439 g/mol. The van der Waals surface area contributed by atoms with Crippen molar-refractivity contribution in [3.63, 3.8) is 0 Å². The standard InChI is InChI=1S/C19H23ClN4O2S2/c1-12-4-6-13(7-5-12)10-21-17(25)15(8-9-27-2)23-18(26)16-14(20)11-22-19(24-16)28-3/h4-7,11,15H,8-10H2,1-3H3,(H,21,25)(H,23,26)/t15-/m0/s1. The Kier molecular flexibility index (Phi) is 9.08. The maximum Gasteiger partial charge on any atom is 0.272 e. The molecule has 0 fully saturated rings. The third kappa shape index (κ3) is 6.68. The number of halogens is 1. The van der Waals surface area contributed by atoms with E-state index in [0.29, 0.717) is 18.1 Å². The fourth-order valence-electron chi connectivity index (χ4n) is 2.36. The Morgan fingerprint density at radius 1 is 1.21 bits per heavy atom. The topological polar surface area (TPSA) is 84.0 Å². The van der Waals surface area contributed by atoms with E-state index in [1.165, 1.54) is 18.0 Å². The highest BCUT2D eigenvalue weighted by molar-refractivity contribution is 7.98. The highest BCUT2D eigenvalue weighted by Gasteiger charge is 2.23. The fraction of sp³-hybridized carbons (Fsp3) is 0.368. The van der Waals surface area contributed by atoms with Gasteiger partial charge in [-0.1, -0.05) is 53.2 Å². The van der Waals surface area contributed by atoms with Crippen LogP contribution < -0.4 is 10.6 Å². The lowest BCUT2D eigenvalue weighted by Crippen LogP contribution is -2.47. The molecule has 0 spiro atoms. The van der Waals surface area contributed by atoms with E-state index in [0.717, 1.165) is 16.9 Å². The molecule has 1 heterocycles. The summed E-state index contributed by atoms with van der Waals surface area (Å²) in [6, 6.07) is 7.25. The molecule has 6 nitrogen and oxygen atoms in total. The molecule has 0 saturated heterocycles. The van der Waals surface area contributed by atoms with Crippen LogP contribution in [0.1, 0.15) is 28.0 Å². The van der Waals surface area contributed by atoms with Crippen molar-refractivity contribution < 1.29 is 9.59 Å². The van der Waals surface area contributed by atoms with Gasteiger partial charge in [0.25, 0.3) is 5.91 Å². The predicted octanol–water partition coefficient (Wildman–Crippen LogP) is 3.33. The Bertz CT molecular complexity index is 818. The molecular formula is C19H23ClN4O2S2. The van der Waals surface area contributed by atoms with E-state index < -0.39 is 11.9 Å². The zero-order valence-corrected chi connectivity index (χ0v) is 18.4. The summed E-state index contributed by atoms with van der Waals surface area (Å²) < 4.78 is 0. The molecule has 150 valence electrons. The van der Waals surface area contributed by atoms with E-state index in [-0.39, 0.29) is 16.6 Å². The van der Waals surface area contributed by atoms with Crippen LogP contribution in [0.2, 0.25) is 5.02 Å². The number of hydrogen-bond donors (Lipinski definition) is 2. The molecule has 9 heteroatoms. The van der Waals surface area contributed by atoms with Crippen molar-refractivity contribution in [1.29, 1.82) is 0 Å². The molecule has 2 rings (SSSR count). The molecular weight excluding hydrogens is 416 g/mol. The van der Waals surface area contributed by atoms with Crippen LogP contribution >= 0.6 is 35.1 Å². The number of benzene rings is 1. The zero-order chi connectivity index (χ0) is 20.5. The minimum Gasteiger partial charge on any atom is -0.350 e. The highest BCUT2D eigenvalue weighted by atomic mass is 35.5. The lowest BCUT2D eigenvalue weighted by Gasteiger charge is -2.18. The number of aromatic nitrogens is 2. The third-order valence-corrected chi connectivity index (χ3v) is 5.42. The minimum absolute atomic E-state index is 0.0708. The van der Waals surface area contributed by atoms with Gasteiger partial charge in [-0.05, 0) is 37.2 Å². The lowest BCUT2D eigenvalue weighted by molar-refractivity contribution is -0.123. The number of hydrogen-bond acceptors (Lipinski definition) is 6. The van der Waals surface area contributed by atoms with Crippen molar-refractivity contribution in [2.75, 3.05) is 18.3 Å². The fourth-order valence-corrected chi connectivity index (χ4v) is 3.35. The molecule has 1 aromatic heterocycles. The maximum atomic E-state index is 12.7. The SMILES string of the molecule is CSCC[C@H](NC(=O)c1nc(SC)ncc1Cl)C(=O)NCc1ccc(C)cc1. The molecule has 2 amide bonds. The second-order valence-electron chi connectivity index (χ2n) is 6.06. The van der Waals surface area contributed by atoms with Crippen LogP contribution in [0.3, 0.4) is 0 Å². The number of nitrogens with one attached hydrogen (secondary N) is 2. The van der Waals surface area contributed by atoms with Crippen LogP contribution in [0.5, 0.6) is 0 Å². The monoisotopic (exact) mass is 438 g/mol. The molecule has 2 aromatic rings. The van der Waals surface area contributed by atoms with E-state index in [2.05, 4.69) is 20.6 Å². The van der Waals surface area contributed by atoms with Gasteiger partial charge in [0, 0.05) is 6.54 Å². The van der Waals surface area contributed by atoms with Gasteiger partial charge in [0.15, 0.2) is 10.9 Å². The van der Waals surface area contributed by atoms with Crippen molar-refractivity contribution >= 4 is 46.9 Å². The van der Waals surface area contributed by atoms with E-state index in [1.54, 1.807) is 11.8 Å². The van der Waals surface area contributed by atoms with Gasteiger partial charge in [-0.25, -0.2) is 9.97 Å². The number of rotatable bonds is 9. The third-order valence-electron chi connectivity index (χ3n) is 3.94. The summed E-state index contributed by atoms with van der Waals surface area (Å²) in [6.45, 7) is 2.41. The second-order valence-corrected chi connectivity index (χ2v) is 8.23. The van der Waals surface area contributed by atoms with Crippen LogP contribution in [0.25, 0.3) is 0 Å². The summed E-state index contributed by atoms with van der Waals surface area (Å²) in [5.41, 5.74) is 2.23. The Labute approximate surface area is 178 Å². The zero-order valence-electron chi connectivity index (χ0n) is 16.0. The van der Waals surface area contributed by atoms with E-state index >= 15 is 0 Å². The lowest BCUT2D eigenvalue weighted by atomic mass is 10.1. The molecule has 1 aromatic carbocycles. The average Bonchev–Trinajstić information content (AvgIpc) is 2.70. The van der Waals surface area contributed by atoms with Crippen molar-refractivity contribution in [2.24, 2.45) is 0 Å². The first-order valence-electron chi connectivity index (χ1n) is 8.64. The van der Waals surface area contributed by atoms with Gasteiger partial charge < -0.3 is 10.6 Å². The van der Waals surface area contributed by atoms with Gasteiger partial charge in [-0.2, -0.15) is 11.8 Å². The Balaban J connectivity index is 2.06. The van der Waals surface area contributed by atoms with Gasteiger partial charge >= 0.3 is 0 Å². The van der Waals surface area contributed by atoms with Gasteiger partial charge in [-0.3, -0.25) is 9.59 Å². The summed E-state index contributed by atoms with van der Waals surface area (Å²) in [5.74, 6) is 0.00810. The molecule has 2 N–H and O–H groups in total. The quantitative estimate of drug-likeness (QED) is 0.461. The van der Waals surface area contributed by atoms with Gasteiger partial charge in [0.1, 0.15) is 6.04 Å². The first-order chi connectivity index (χ1) is 13.4. The van der Waals surface area contributed by atoms with Crippen LogP contribution in [0, 0.1) is 6.92 Å². The number of carbonyl (C=O) groups excluding carboxylic acids is 2. The molecule has 0 radical (unpaired) electrons. The number of amides is 2. The van der Waals surface area contributed by atoms with Crippen molar-refractivity contribution in [2.45, 2.75) is 31.1 Å². The first kappa shape index (κ1) is 22.5. The molecule has 0 bridgehead atoms. The van der Waals surface area contributed by atoms with Crippen molar-refractivity contribution in [1.82, 2.24) is 20.6 Å². The number of carbonyl (C=O) groups is 2. The Morgan fingerprint density at radius 2 is 1.93 bits per heavy atom. The first-order valence-corrected chi connectivity index (χ1v) is 11.6. The molecule has 0 aliphatic rings. The highest BCUT2D eigenvalue weighted by Crippen LogP contribution is 2.17. The number of nitrogens with zero attached hydrogens (tertiary/aromatic N) is 2. The molecule has 1 atom stereocenters. The second kappa shape index (κ2) is 11.3. The largest absolute Gasteiger partial charge is 0.350 e. The molecule has 0 aliphatic heterocycles. The van der Waals surface area contributed by atoms with Crippen LogP contribution in [0.4, 0.5) is 0 Å². The Hall–Kier alpha value is -1.77. The van der Waals surface area contributed by atoms with E-state index in [4.69, 9.17) is 11.6 Å². The molecule has 0 saturated carbocycles. The summed E-state index contributed by atoms with van der Waals surface area (Å²) in [5, 5.41) is 6.24. The van der Waals surface area contributed by atoms with Crippen LogP contribution in [0.15, 0.2) is 35.6 Å². The number of aryl methyl sites for hydroxylation is 1. The van der Waals surface area contributed by atoms with Gasteiger partial charge in [0.2, 0.25) is 5.91 Å². The molecule has 28 heavy (non-hydrogen) atoms. The van der Waals surface area contributed by atoms with Crippen LogP contribution in [-0.4, -0.2) is 46.1 Å². The van der Waals surface area contributed by atoms with E-state index in [9.17, 15) is 9.59 Å². The summed E-state index contributed by atoms with van der Waals surface area (Å²) in [4.78, 5) is 33.5. The predicted molar refractivity (Wildman–Crippen MR) is 116 cm³/mol. The molecule has 0 aliphatic carbocycles. The minimum atomic E-state index is -0.672. The normalized spacial score (nSPS) is 11.7. The maximum absolute atomic E-state index is 12.7. The molecule has 0 unspecified atom stereocenters. The van der Waals surface area contributed by atoms with Crippen molar-refractivity contribution in [3.8, 4) is 0 Å². The van der Waals surface area contributed by atoms with Gasteiger partial charge in [0.05, 0.1) is 11.2 Å². The smallest absolute Gasteiger partial charge is 0.272 e. The summed E-state index contributed by atoms with van der Waals surface area (Å²) in [6.07, 6.45) is 5.66. The number of thioether (sulfide) groups is 2. The van der Waals surface area contributed by atoms with Gasteiger partial charge in [-0.15, -0.1) is 0 Å². The van der Waals surface area contributed by atoms with Crippen LogP contribution in [-0.2, 0) is 11.3 Å². The summed E-state index contributed by atoms with van der Waals surface area (Å²) in [7, 11) is 0. The van der Waals surface area contributed by atoms with Crippen molar-refractivity contribution in [3.05, 3.63) is 52.3 Å². The summed E-state index contributed by atoms with van der Waals surface area (Å²) >= 11 is 8.99. The Morgan fingerprint density at radius 3 is 2.57 bits per heavy atom.